The van der Waals surface area contributed by atoms with Gasteiger partial charge in [0.1, 0.15) is 0 Å². The Hall–Kier alpha value is -4.66. The molecule has 12 rings (SSSR count). The molecule has 59 heavy (non-hydrogen) atoms. The average Bonchev–Trinajstić information content (AvgIpc) is 3.92. The number of allylic oxidation sites excluding steroid dienone is 17. The normalized spacial score (nSPS) is 41.6. The molecule has 15 atom stereocenters. The Bertz CT molecular complexity index is 2360. The van der Waals surface area contributed by atoms with Gasteiger partial charge in [-0.25, -0.2) is 0 Å². The molecule has 2 heteroatoms. The van der Waals surface area contributed by atoms with Crippen molar-refractivity contribution < 1.29 is 4.74 Å². The maximum Gasteiger partial charge on any atom is 0.0834 e. The van der Waals surface area contributed by atoms with E-state index in [4.69, 9.17) is 4.74 Å². The fourth-order valence-corrected chi connectivity index (χ4v) is 14.8. The van der Waals surface area contributed by atoms with Crippen LogP contribution in [-0.4, -0.2) is 23.1 Å². The largest absolute Gasteiger partial charge is 0.366 e. The predicted molar refractivity (Wildman–Crippen MR) is 242 cm³/mol. The molecule has 10 aliphatic rings. The molecular weight excluding hydrogens is 715 g/mol. The van der Waals surface area contributed by atoms with Gasteiger partial charge >= 0.3 is 0 Å². The lowest BCUT2D eigenvalue weighted by Gasteiger charge is -2.48. The quantitative estimate of drug-likeness (QED) is 0.281. The molecule has 2 fully saturated rings. The van der Waals surface area contributed by atoms with Crippen LogP contribution >= 0.6 is 0 Å². The van der Waals surface area contributed by atoms with E-state index in [2.05, 4.69) is 183 Å². The SMILES string of the molecule is CC1C=CC=CC1C1CCC=C(N(C2=CC3C(C=C2)C2CCC=CC2C32C3=C(C=CC(c4ccccc4)C3C)c3ccccc32)C2CC=CC3OC4C=CC=CC4C32)C1. The minimum atomic E-state index is -0.0946. The summed E-state index contributed by atoms with van der Waals surface area (Å²) in [6.07, 6.45) is 52.1. The van der Waals surface area contributed by atoms with Crippen LogP contribution in [0.25, 0.3) is 5.57 Å². The molecule has 2 aromatic carbocycles. The maximum absolute atomic E-state index is 6.88. The number of fused-ring (bicyclic) bond motifs is 12. The topological polar surface area (TPSA) is 12.5 Å². The predicted octanol–water partition coefficient (Wildman–Crippen LogP) is 12.8. The number of nitrogens with zero attached hydrogens (tertiary/aromatic N) is 1. The fraction of sp³-hybridized carbons (Fsp3) is 0.404. The third-order valence-corrected chi connectivity index (χ3v) is 17.0. The van der Waals surface area contributed by atoms with Crippen molar-refractivity contribution in [1.82, 2.24) is 4.90 Å². The molecule has 0 aromatic heterocycles. The van der Waals surface area contributed by atoms with Crippen molar-refractivity contribution in [2.75, 3.05) is 0 Å². The molecule has 9 aliphatic carbocycles. The highest BCUT2D eigenvalue weighted by Gasteiger charge is 2.65. The lowest BCUT2D eigenvalue weighted by molar-refractivity contribution is 0.0677. The summed E-state index contributed by atoms with van der Waals surface area (Å²) in [6.45, 7) is 5.00. The Kier molecular flexibility index (Phi) is 8.73. The van der Waals surface area contributed by atoms with Gasteiger partial charge in [-0.1, -0.05) is 172 Å². The van der Waals surface area contributed by atoms with Crippen molar-refractivity contribution in [1.29, 1.82) is 0 Å². The molecule has 1 aliphatic heterocycles. The number of benzene rings is 2. The van der Waals surface area contributed by atoms with Gasteiger partial charge in [0.2, 0.25) is 0 Å². The van der Waals surface area contributed by atoms with E-state index in [1.807, 2.05) is 0 Å². The zero-order valence-corrected chi connectivity index (χ0v) is 34.8. The van der Waals surface area contributed by atoms with E-state index in [1.165, 1.54) is 41.7 Å². The van der Waals surface area contributed by atoms with Crippen LogP contribution in [0.5, 0.6) is 0 Å². The number of hydrogen-bond acceptors (Lipinski definition) is 2. The summed E-state index contributed by atoms with van der Waals surface area (Å²) in [5.41, 5.74) is 10.6. The van der Waals surface area contributed by atoms with Gasteiger partial charge in [0.25, 0.3) is 0 Å². The smallest absolute Gasteiger partial charge is 0.0834 e. The lowest BCUT2D eigenvalue weighted by Crippen LogP contribution is -2.47. The van der Waals surface area contributed by atoms with Gasteiger partial charge in [0.05, 0.1) is 12.2 Å². The van der Waals surface area contributed by atoms with Gasteiger partial charge in [-0.15, -0.1) is 0 Å². The standard InChI is InChI=1S/C57H59NO/c1-36-16-6-7-21-42(36)39-19-14-20-40(34-39)58(52-27-15-29-54-55(52)48-24-10-13-28-53(48)59-54)41-30-31-46-44-22-8-11-25-49(44)57(51(46)35-41)50-26-12-9-23-45(50)47-33-32-43(37(2)56(47)57)38-17-4-3-5-18-38/h3-7,9-13,15-18,20-21,23-26,28-33,35-37,39,42-44,46,48-49,51-55H,8,14,19,22,27,34H2,1-2H3. The highest BCUT2D eigenvalue weighted by molar-refractivity contribution is 5.89. The van der Waals surface area contributed by atoms with Crippen molar-refractivity contribution in [3.8, 4) is 0 Å². The van der Waals surface area contributed by atoms with Crippen molar-refractivity contribution in [3.63, 3.8) is 0 Å². The third kappa shape index (κ3) is 5.40. The van der Waals surface area contributed by atoms with Gasteiger partial charge in [0, 0.05) is 40.6 Å². The van der Waals surface area contributed by atoms with Crippen molar-refractivity contribution in [2.45, 2.75) is 82.0 Å². The molecule has 15 unspecified atom stereocenters. The molecule has 1 spiro atoms. The maximum atomic E-state index is 6.88. The number of ether oxygens (including phenoxy) is 1. The van der Waals surface area contributed by atoms with E-state index in [0.717, 1.165) is 19.3 Å². The Morgan fingerprint density at radius 3 is 2.42 bits per heavy atom. The Morgan fingerprint density at radius 1 is 0.695 bits per heavy atom. The zero-order valence-electron chi connectivity index (χ0n) is 34.8. The van der Waals surface area contributed by atoms with E-state index < -0.39 is 0 Å². The second-order valence-electron chi connectivity index (χ2n) is 19.6. The Balaban J connectivity index is 1.02. The molecule has 1 heterocycles. The van der Waals surface area contributed by atoms with Crippen LogP contribution in [0.15, 0.2) is 181 Å². The van der Waals surface area contributed by atoms with Crippen molar-refractivity contribution >= 4 is 5.57 Å². The molecule has 1 saturated heterocycles. The first-order valence-electron chi connectivity index (χ1n) is 23.3. The highest BCUT2D eigenvalue weighted by Crippen LogP contribution is 2.70. The summed E-state index contributed by atoms with van der Waals surface area (Å²) in [4.78, 5) is 2.92. The minimum Gasteiger partial charge on any atom is -0.366 e. The summed E-state index contributed by atoms with van der Waals surface area (Å²) in [7, 11) is 0. The zero-order chi connectivity index (χ0) is 39.2. The average molecular weight is 774 g/mol. The number of hydrogen-bond donors (Lipinski definition) is 0. The van der Waals surface area contributed by atoms with Gasteiger partial charge in [-0.3, -0.25) is 0 Å². The van der Waals surface area contributed by atoms with Crippen LogP contribution in [0.1, 0.15) is 75.0 Å². The van der Waals surface area contributed by atoms with Gasteiger partial charge in [-0.2, -0.15) is 0 Å². The fourth-order valence-electron chi connectivity index (χ4n) is 14.8. The first-order chi connectivity index (χ1) is 29.1. The van der Waals surface area contributed by atoms with Crippen LogP contribution < -0.4 is 0 Å². The Morgan fingerprint density at radius 2 is 1.53 bits per heavy atom. The van der Waals surface area contributed by atoms with Gasteiger partial charge in [-0.05, 0) is 120 Å². The van der Waals surface area contributed by atoms with Crippen LogP contribution in [0.2, 0.25) is 0 Å². The van der Waals surface area contributed by atoms with E-state index >= 15 is 0 Å². The van der Waals surface area contributed by atoms with Crippen LogP contribution in [-0.2, 0) is 10.2 Å². The minimum absolute atomic E-state index is 0.0946. The monoisotopic (exact) mass is 773 g/mol. The van der Waals surface area contributed by atoms with Gasteiger partial charge in [0.15, 0.2) is 0 Å². The van der Waals surface area contributed by atoms with Crippen LogP contribution in [0.3, 0.4) is 0 Å². The highest BCUT2D eigenvalue weighted by atomic mass is 16.5. The summed E-state index contributed by atoms with van der Waals surface area (Å²) in [6, 6.07) is 21.3. The molecule has 1 saturated carbocycles. The van der Waals surface area contributed by atoms with Crippen molar-refractivity contribution in [2.24, 2.45) is 59.2 Å². The van der Waals surface area contributed by atoms with Crippen LogP contribution in [0, 0.1) is 59.2 Å². The molecule has 298 valence electrons. The van der Waals surface area contributed by atoms with Crippen molar-refractivity contribution in [3.05, 3.63) is 198 Å². The van der Waals surface area contributed by atoms with E-state index in [0.29, 0.717) is 71.1 Å². The first kappa shape index (κ1) is 36.2. The van der Waals surface area contributed by atoms with Crippen LogP contribution in [0.4, 0.5) is 0 Å². The summed E-state index contributed by atoms with van der Waals surface area (Å²) < 4.78 is 6.88. The number of rotatable bonds is 5. The second-order valence-corrected chi connectivity index (χ2v) is 19.6. The first-order valence-corrected chi connectivity index (χ1v) is 23.3. The molecule has 0 radical (unpaired) electrons. The Labute approximate surface area is 352 Å². The summed E-state index contributed by atoms with van der Waals surface area (Å²) >= 11 is 0. The second kappa shape index (κ2) is 14.2. The molecule has 2 nitrogen and oxygen atoms in total. The molecular formula is C57H59NO. The lowest BCUT2D eigenvalue weighted by atomic mass is 9.57. The van der Waals surface area contributed by atoms with E-state index in [-0.39, 0.29) is 17.6 Å². The van der Waals surface area contributed by atoms with E-state index in [9.17, 15) is 0 Å². The molecule has 0 amide bonds. The third-order valence-electron chi connectivity index (χ3n) is 17.0. The summed E-state index contributed by atoms with van der Waals surface area (Å²) in [5.74, 6) is 5.30. The molecule has 0 bridgehead atoms. The summed E-state index contributed by atoms with van der Waals surface area (Å²) in [5, 5.41) is 0. The molecule has 0 N–H and O–H groups in total. The van der Waals surface area contributed by atoms with E-state index in [1.54, 1.807) is 16.8 Å². The molecule has 2 aromatic rings. The van der Waals surface area contributed by atoms with Gasteiger partial charge < -0.3 is 9.64 Å².